The van der Waals surface area contributed by atoms with E-state index in [9.17, 15) is 8.42 Å². The van der Waals surface area contributed by atoms with Crippen LogP contribution in [-0.2, 0) is 9.84 Å². The van der Waals surface area contributed by atoms with E-state index in [2.05, 4.69) is 50.5 Å². The minimum Gasteiger partial charge on any atom is -0.224 e. The van der Waals surface area contributed by atoms with Crippen LogP contribution in [0.15, 0.2) is 29.2 Å². The smallest absolute Gasteiger partial charge is 0.178 e. The molecule has 1 rings (SSSR count). The lowest BCUT2D eigenvalue weighted by molar-refractivity contribution is 0.291. The highest BCUT2D eigenvalue weighted by Crippen LogP contribution is 2.30. The number of alkyl halides is 1. The normalized spacial score (nSPS) is 14.6. The average Bonchev–Trinajstić information content (AvgIpc) is 2.34. The molecule has 1 atom stereocenters. The topological polar surface area (TPSA) is 34.1 Å². The molecule has 0 saturated heterocycles. The van der Waals surface area contributed by atoms with Gasteiger partial charge in [0.25, 0.3) is 0 Å². The lowest BCUT2D eigenvalue weighted by Gasteiger charge is -2.28. The summed E-state index contributed by atoms with van der Waals surface area (Å²) >= 11 is 3.44. The predicted molar refractivity (Wildman–Crippen MR) is 89.3 cm³/mol. The molecule has 0 spiro atoms. The summed E-state index contributed by atoms with van der Waals surface area (Å²) in [6.45, 7) is 10.4. The van der Waals surface area contributed by atoms with Crippen LogP contribution in [0.2, 0.25) is 0 Å². The number of benzene rings is 1. The fraction of sp³-hybridized carbons (Fsp3) is 0.625. The molecule has 0 aliphatic heterocycles. The highest BCUT2D eigenvalue weighted by Gasteiger charge is 2.29. The quantitative estimate of drug-likeness (QED) is 0.716. The van der Waals surface area contributed by atoms with E-state index in [-0.39, 0.29) is 17.1 Å². The van der Waals surface area contributed by atoms with E-state index in [1.54, 1.807) is 12.1 Å². The highest BCUT2D eigenvalue weighted by molar-refractivity contribution is 9.09. The summed E-state index contributed by atoms with van der Waals surface area (Å²) < 4.78 is 25.0. The largest absolute Gasteiger partial charge is 0.224 e. The summed E-state index contributed by atoms with van der Waals surface area (Å²) in [5.74, 6) is 0.692. The van der Waals surface area contributed by atoms with Crippen LogP contribution in [0.5, 0.6) is 0 Å². The molecule has 1 unspecified atom stereocenters. The van der Waals surface area contributed by atoms with Crippen molar-refractivity contribution in [2.24, 2.45) is 11.3 Å². The van der Waals surface area contributed by atoms with Crippen molar-refractivity contribution in [2.45, 2.75) is 45.4 Å². The second-order valence-electron chi connectivity index (χ2n) is 6.72. The molecule has 0 bridgehead atoms. The molecule has 0 aliphatic carbocycles. The Labute approximate surface area is 132 Å². The standard InChI is InChI=1S/C16H25BrO2S/c1-12(2)13-6-8-15(9-7-13)20(18,19)11-14(10-17)16(3,4)5/h6-9,12,14H,10-11H2,1-5H3. The third kappa shape index (κ3) is 4.59. The lowest BCUT2D eigenvalue weighted by atomic mass is 9.83. The maximum absolute atomic E-state index is 12.5. The van der Waals surface area contributed by atoms with E-state index in [1.165, 1.54) is 0 Å². The molecule has 0 aliphatic rings. The van der Waals surface area contributed by atoms with Crippen LogP contribution >= 0.6 is 15.9 Å². The van der Waals surface area contributed by atoms with Crippen molar-refractivity contribution in [3.8, 4) is 0 Å². The fourth-order valence-corrected chi connectivity index (χ4v) is 5.34. The fourth-order valence-electron chi connectivity index (χ4n) is 1.95. The van der Waals surface area contributed by atoms with Gasteiger partial charge in [0.2, 0.25) is 0 Å². The highest BCUT2D eigenvalue weighted by atomic mass is 79.9. The van der Waals surface area contributed by atoms with Crippen LogP contribution in [0.25, 0.3) is 0 Å². The first-order valence-electron chi connectivity index (χ1n) is 6.96. The van der Waals surface area contributed by atoms with E-state index in [0.717, 1.165) is 5.56 Å². The molecule has 4 heteroatoms. The Bertz CT molecular complexity index is 525. The summed E-state index contributed by atoms with van der Waals surface area (Å²) in [5, 5.41) is 0.694. The van der Waals surface area contributed by atoms with Crippen LogP contribution < -0.4 is 0 Å². The minimum atomic E-state index is -3.23. The van der Waals surface area contributed by atoms with Gasteiger partial charge in [0.15, 0.2) is 9.84 Å². The average molecular weight is 361 g/mol. The number of rotatable bonds is 5. The van der Waals surface area contributed by atoms with E-state index < -0.39 is 9.84 Å². The molecule has 0 amide bonds. The van der Waals surface area contributed by atoms with Gasteiger partial charge in [-0.25, -0.2) is 8.42 Å². The van der Waals surface area contributed by atoms with Gasteiger partial charge in [-0.15, -0.1) is 0 Å². The van der Waals surface area contributed by atoms with E-state index >= 15 is 0 Å². The molecule has 1 aromatic rings. The first kappa shape index (κ1) is 17.7. The van der Waals surface area contributed by atoms with Gasteiger partial charge in [-0.2, -0.15) is 0 Å². The number of hydrogen-bond donors (Lipinski definition) is 0. The second-order valence-corrected chi connectivity index (χ2v) is 9.40. The van der Waals surface area contributed by atoms with Crippen LogP contribution in [0.1, 0.15) is 46.1 Å². The summed E-state index contributed by atoms with van der Waals surface area (Å²) in [7, 11) is -3.23. The Morgan fingerprint density at radius 2 is 1.60 bits per heavy atom. The molecule has 0 aromatic heterocycles. The van der Waals surface area contributed by atoms with Gasteiger partial charge in [0, 0.05) is 5.33 Å². The van der Waals surface area contributed by atoms with Gasteiger partial charge < -0.3 is 0 Å². The van der Waals surface area contributed by atoms with Crippen molar-refractivity contribution in [1.82, 2.24) is 0 Å². The summed E-state index contributed by atoms with van der Waals surface area (Å²) in [4.78, 5) is 0.428. The van der Waals surface area contributed by atoms with Crippen LogP contribution in [0.3, 0.4) is 0 Å². The van der Waals surface area contributed by atoms with Crippen molar-refractivity contribution >= 4 is 25.8 Å². The Balaban J connectivity index is 2.99. The Hall–Kier alpha value is -0.350. The molecule has 0 N–H and O–H groups in total. The van der Waals surface area contributed by atoms with Crippen molar-refractivity contribution in [2.75, 3.05) is 11.1 Å². The van der Waals surface area contributed by atoms with Gasteiger partial charge in [0.05, 0.1) is 10.6 Å². The van der Waals surface area contributed by atoms with E-state index in [1.807, 2.05) is 12.1 Å². The Morgan fingerprint density at radius 3 is 1.95 bits per heavy atom. The van der Waals surface area contributed by atoms with Crippen molar-refractivity contribution in [3.63, 3.8) is 0 Å². The van der Waals surface area contributed by atoms with Crippen molar-refractivity contribution in [3.05, 3.63) is 29.8 Å². The van der Waals surface area contributed by atoms with Gasteiger partial charge in [-0.1, -0.05) is 62.7 Å². The Morgan fingerprint density at radius 1 is 1.10 bits per heavy atom. The maximum atomic E-state index is 12.5. The van der Waals surface area contributed by atoms with Gasteiger partial charge in [-0.05, 0) is 34.9 Å². The summed E-state index contributed by atoms with van der Waals surface area (Å²) in [6, 6.07) is 7.30. The predicted octanol–water partition coefficient (Wildman–Crippen LogP) is 4.64. The van der Waals surface area contributed by atoms with Crippen LogP contribution in [0, 0.1) is 11.3 Å². The molecule has 0 radical (unpaired) electrons. The molecule has 0 heterocycles. The van der Waals surface area contributed by atoms with Crippen LogP contribution in [0.4, 0.5) is 0 Å². The van der Waals surface area contributed by atoms with Gasteiger partial charge >= 0.3 is 0 Å². The molecule has 2 nitrogen and oxygen atoms in total. The van der Waals surface area contributed by atoms with Gasteiger partial charge in [-0.3, -0.25) is 0 Å². The molecule has 1 aromatic carbocycles. The molecular weight excluding hydrogens is 336 g/mol. The molecule has 0 fully saturated rings. The SMILES string of the molecule is CC(C)c1ccc(S(=O)(=O)CC(CBr)C(C)(C)C)cc1. The molecule has 114 valence electrons. The number of sulfone groups is 1. The van der Waals surface area contributed by atoms with Crippen molar-refractivity contribution in [1.29, 1.82) is 0 Å². The zero-order valence-corrected chi connectivity index (χ0v) is 15.4. The Kier molecular flexibility index (Phi) is 5.85. The number of halogens is 1. The van der Waals surface area contributed by atoms with E-state index in [0.29, 0.717) is 16.1 Å². The van der Waals surface area contributed by atoms with Crippen LogP contribution in [-0.4, -0.2) is 19.5 Å². The van der Waals surface area contributed by atoms with E-state index in [4.69, 9.17) is 0 Å². The molecule has 20 heavy (non-hydrogen) atoms. The molecular formula is C16H25BrO2S. The van der Waals surface area contributed by atoms with Crippen molar-refractivity contribution < 1.29 is 8.42 Å². The first-order valence-corrected chi connectivity index (χ1v) is 9.74. The third-order valence-electron chi connectivity index (χ3n) is 3.74. The first-order chi connectivity index (χ1) is 9.08. The lowest BCUT2D eigenvalue weighted by Crippen LogP contribution is -2.29. The summed E-state index contributed by atoms with van der Waals surface area (Å²) in [6.07, 6.45) is 0. The zero-order valence-electron chi connectivity index (χ0n) is 13.0. The zero-order chi connectivity index (χ0) is 15.6. The third-order valence-corrected chi connectivity index (χ3v) is 6.35. The molecule has 0 saturated carbocycles. The number of hydrogen-bond acceptors (Lipinski definition) is 2. The monoisotopic (exact) mass is 360 g/mol. The summed E-state index contributed by atoms with van der Waals surface area (Å²) in [5.41, 5.74) is 1.13. The maximum Gasteiger partial charge on any atom is 0.178 e. The second kappa shape index (κ2) is 6.61. The minimum absolute atomic E-state index is 0.0333. The van der Waals surface area contributed by atoms with Gasteiger partial charge in [0.1, 0.15) is 0 Å².